The molecule has 4 rings (SSSR count). The number of ether oxygens (including phenoxy) is 1. The van der Waals surface area contributed by atoms with Crippen molar-refractivity contribution >= 4 is 11.7 Å². The van der Waals surface area contributed by atoms with E-state index in [1.807, 2.05) is 13.8 Å². The van der Waals surface area contributed by atoms with Gasteiger partial charge in [0, 0.05) is 30.1 Å². The molecule has 2 aromatic heterocycles. The number of amides is 1. The zero-order valence-corrected chi connectivity index (χ0v) is 15.7. The maximum absolute atomic E-state index is 14.2. The van der Waals surface area contributed by atoms with E-state index in [1.54, 1.807) is 53.5 Å². The highest BCUT2D eigenvalue weighted by Crippen LogP contribution is 2.49. The molecule has 1 saturated carbocycles. The molecule has 1 N–H and O–H groups in total. The van der Waals surface area contributed by atoms with Crippen LogP contribution < -0.4 is 10.1 Å². The highest BCUT2D eigenvalue weighted by Gasteiger charge is 2.52. The number of hydrogen-bond donors (Lipinski definition) is 1. The van der Waals surface area contributed by atoms with Gasteiger partial charge < -0.3 is 10.1 Å². The first-order chi connectivity index (χ1) is 13.5. The highest BCUT2D eigenvalue weighted by atomic mass is 19.1. The molecule has 2 heterocycles. The molecule has 6 nitrogen and oxygen atoms in total. The van der Waals surface area contributed by atoms with Crippen LogP contribution in [0.1, 0.15) is 32.3 Å². The number of rotatable bonds is 6. The molecule has 0 unspecified atom stereocenters. The molecule has 1 aliphatic rings. The number of carbonyl (C=O) groups excluding carboxylic acids is 1. The van der Waals surface area contributed by atoms with Crippen molar-refractivity contribution in [2.75, 3.05) is 5.32 Å². The Morgan fingerprint density at radius 1 is 1.25 bits per heavy atom. The molecule has 144 valence electrons. The summed E-state index contributed by atoms with van der Waals surface area (Å²) < 4.78 is 21.4. The molecule has 0 spiro atoms. The monoisotopic (exact) mass is 380 g/mol. The molecule has 7 heteroatoms. The van der Waals surface area contributed by atoms with Crippen molar-refractivity contribution in [3.8, 4) is 11.6 Å². The van der Waals surface area contributed by atoms with Gasteiger partial charge in [0.05, 0.1) is 17.2 Å². The molecule has 1 aromatic carbocycles. The van der Waals surface area contributed by atoms with Gasteiger partial charge in [-0.15, -0.1) is 0 Å². The van der Waals surface area contributed by atoms with Crippen LogP contribution in [0.25, 0.3) is 5.69 Å². The fourth-order valence-electron chi connectivity index (χ4n) is 3.21. The van der Waals surface area contributed by atoms with Gasteiger partial charge in [-0.3, -0.25) is 4.79 Å². The fraction of sp³-hybridized carbons (Fsp3) is 0.286. The number of benzene rings is 1. The number of anilines is 1. The standard InChI is InChI=1S/C21H21FN4O2/c1-14(2)28-19-13-15(7-11-23-19)26-12-8-18(25-26)24-20(27)21(9-10-21)16-5-3-4-6-17(16)22/h3-8,11-14H,9-10H2,1-2H3,(H,24,25,27). The zero-order chi connectivity index (χ0) is 19.7. The van der Waals surface area contributed by atoms with Crippen LogP contribution >= 0.6 is 0 Å². The van der Waals surface area contributed by atoms with E-state index in [4.69, 9.17) is 4.74 Å². The fourth-order valence-corrected chi connectivity index (χ4v) is 3.21. The van der Waals surface area contributed by atoms with Gasteiger partial charge in [0.15, 0.2) is 5.82 Å². The topological polar surface area (TPSA) is 69.0 Å². The minimum absolute atomic E-state index is 0.0170. The third-order valence-electron chi connectivity index (χ3n) is 4.74. The predicted molar refractivity (Wildman–Crippen MR) is 103 cm³/mol. The molecule has 0 aliphatic heterocycles. The summed E-state index contributed by atoms with van der Waals surface area (Å²) in [6.07, 6.45) is 4.65. The van der Waals surface area contributed by atoms with Gasteiger partial charge in [-0.1, -0.05) is 18.2 Å². The number of carbonyl (C=O) groups is 1. The lowest BCUT2D eigenvalue weighted by atomic mass is 9.94. The molecule has 1 aliphatic carbocycles. The highest BCUT2D eigenvalue weighted by molar-refractivity contribution is 6.00. The SMILES string of the molecule is CC(C)Oc1cc(-n2ccc(NC(=O)C3(c4ccccc4F)CC3)n2)ccn1. The van der Waals surface area contributed by atoms with Crippen LogP contribution in [0.15, 0.2) is 54.9 Å². The maximum Gasteiger partial charge on any atom is 0.236 e. The Morgan fingerprint density at radius 3 is 2.75 bits per heavy atom. The number of aromatic nitrogens is 3. The Kier molecular flexibility index (Phi) is 4.58. The molecule has 28 heavy (non-hydrogen) atoms. The van der Waals surface area contributed by atoms with E-state index in [9.17, 15) is 9.18 Å². The quantitative estimate of drug-likeness (QED) is 0.705. The molecule has 1 fully saturated rings. The van der Waals surface area contributed by atoms with E-state index < -0.39 is 5.41 Å². The van der Waals surface area contributed by atoms with E-state index in [-0.39, 0.29) is 17.8 Å². The van der Waals surface area contributed by atoms with Crippen LogP contribution in [0.2, 0.25) is 0 Å². The lowest BCUT2D eigenvalue weighted by molar-refractivity contribution is -0.118. The second-order valence-corrected chi connectivity index (χ2v) is 7.18. The van der Waals surface area contributed by atoms with Crippen LogP contribution in [0, 0.1) is 5.82 Å². The lowest BCUT2D eigenvalue weighted by Gasteiger charge is -2.15. The molecule has 0 atom stereocenters. The minimum Gasteiger partial charge on any atom is -0.475 e. The average molecular weight is 380 g/mol. The van der Waals surface area contributed by atoms with Gasteiger partial charge in [0.25, 0.3) is 0 Å². The summed E-state index contributed by atoms with van der Waals surface area (Å²) in [6, 6.07) is 11.7. The molecule has 1 amide bonds. The smallest absolute Gasteiger partial charge is 0.236 e. The van der Waals surface area contributed by atoms with Crippen LogP contribution in [0.3, 0.4) is 0 Å². The molecular formula is C21H21FN4O2. The second kappa shape index (κ2) is 7.07. The summed E-state index contributed by atoms with van der Waals surface area (Å²) >= 11 is 0. The largest absolute Gasteiger partial charge is 0.475 e. The van der Waals surface area contributed by atoms with E-state index in [0.29, 0.717) is 30.1 Å². The third kappa shape index (κ3) is 3.47. The summed E-state index contributed by atoms with van der Waals surface area (Å²) in [5.41, 5.74) is 0.405. The van der Waals surface area contributed by atoms with Crippen molar-refractivity contribution in [1.82, 2.24) is 14.8 Å². The van der Waals surface area contributed by atoms with Crippen LogP contribution in [-0.2, 0) is 10.2 Å². The molecule has 0 bridgehead atoms. The molecule has 3 aromatic rings. The summed E-state index contributed by atoms with van der Waals surface area (Å²) in [5.74, 6) is 0.331. The van der Waals surface area contributed by atoms with E-state index in [2.05, 4.69) is 15.4 Å². The first kappa shape index (κ1) is 18.2. The molecule has 0 saturated heterocycles. The summed E-state index contributed by atoms with van der Waals surface area (Å²) in [4.78, 5) is 17.0. The summed E-state index contributed by atoms with van der Waals surface area (Å²) in [5, 5.41) is 7.23. The van der Waals surface area contributed by atoms with Crippen LogP contribution in [0.4, 0.5) is 10.2 Å². The van der Waals surface area contributed by atoms with Crippen molar-refractivity contribution < 1.29 is 13.9 Å². The van der Waals surface area contributed by atoms with Gasteiger partial charge in [0.2, 0.25) is 11.8 Å². The van der Waals surface area contributed by atoms with Crippen molar-refractivity contribution in [2.45, 2.75) is 38.2 Å². The number of hydrogen-bond acceptors (Lipinski definition) is 4. The van der Waals surface area contributed by atoms with E-state index in [1.165, 1.54) is 6.07 Å². The van der Waals surface area contributed by atoms with Gasteiger partial charge in [-0.25, -0.2) is 14.1 Å². The van der Waals surface area contributed by atoms with E-state index in [0.717, 1.165) is 5.69 Å². The summed E-state index contributed by atoms with van der Waals surface area (Å²) in [7, 11) is 0. The maximum atomic E-state index is 14.2. The Bertz CT molecular complexity index is 1010. The normalized spacial score (nSPS) is 14.7. The zero-order valence-electron chi connectivity index (χ0n) is 15.7. The Hall–Kier alpha value is -3.22. The van der Waals surface area contributed by atoms with Crippen LogP contribution in [-0.4, -0.2) is 26.8 Å². The van der Waals surface area contributed by atoms with Crippen molar-refractivity contribution in [1.29, 1.82) is 0 Å². The summed E-state index contributed by atoms with van der Waals surface area (Å²) in [6.45, 7) is 3.86. The molecular weight excluding hydrogens is 359 g/mol. The molecule has 0 radical (unpaired) electrons. The van der Waals surface area contributed by atoms with E-state index >= 15 is 0 Å². The van der Waals surface area contributed by atoms with Crippen molar-refractivity contribution in [2.24, 2.45) is 0 Å². The number of nitrogens with zero attached hydrogens (tertiary/aromatic N) is 3. The number of nitrogens with one attached hydrogen (secondary N) is 1. The second-order valence-electron chi connectivity index (χ2n) is 7.18. The van der Waals surface area contributed by atoms with Gasteiger partial charge in [0.1, 0.15) is 5.82 Å². The Morgan fingerprint density at radius 2 is 2.04 bits per heavy atom. The third-order valence-corrected chi connectivity index (χ3v) is 4.74. The number of pyridine rings is 1. The minimum atomic E-state index is -0.802. The van der Waals surface area contributed by atoms with Gasteiger partial charge in [-0.2, -0.15) is 5.10 Å². The van der Waals surface area contributed by atoms with Crippen molar-refractivity contribution in [3.63, 3.8) is 0 Å². The van der Waals surface area contributed by atoms with Gasteiger partial charge >= 0.3 is 0 Å². The first-order valence-electron chi connectivity index (χ1n) is 9.23. The lowest BCUT2D eigenvalue weighted by Crippen LogP contribution is -2.29. The first-order valence-corrected chi connectivity index (χ1v) is 9.23. The van der Waals surface area contributed by atoms with Crippen molar-refractivity contribution in [3.05, 3.63) is 66.2 Å². The van der Waals surface area contributed by atoms with Crippen LogP contribution in [0.5, 0.6) is 5.88 Å². The Balaban J connectivity index is 1.51. The number of halogens is 1. The Labute approximate surface area is 162 Å². The predicted octanol–water partition coefficient (Wildman–Crippen LogP) is 3.86. The average Bonchev–Trinajstić information content (AvgIpc) is 3.34. The van der Waals surface area contributed by atoms with Gasteiger partial charge in [-0.05, 0) is 38.8 Å².